The van der Waals surface area contributed by atoms with Gasteiger partial charge in [-0.05, 0) is 56.2 Å². The summed E-state index contributed by atoms with van der Waals surface area (Å²) < 4.78 is 0. The van der Waals surface area contributed by atoms with E-state index in [0.29, 0.717) is 29.4 Å². The first-order valence-corrected chi connectivity index (χ1v) is 10.4. The van der Waals surface area contributed by atoms with E-state index in [2.05, 4.69) is 5.32 Å². The molecule has 1 amide bonds. The van der Waals surface area contributed by atoms with Crippen molar-refractivity contribution in [2.45, 2.75) is 51.4 Å². The Morgan fingerprint density at radius 2 is 2.04 bits per heavy atom. The van der Waals surface area contributed by atoms with Gasteiger partial charge in [-0.15, -0.1) is 11.3 Å². The summed E-state index contributed by atoms with van der Waals surface area (Å²) in [5, 5.41) is 5.43. The van der Waals surface area contributed by atoms with Crippen molar-refractivity contribution >= 4 is 40.4 Å². The molecule has 0 fully saturated rings. The Kier molecular flexibility index (Phi) is 6.74. The number of nitrogens with one attached hydrogen (secondary N) is 1. The Morgan fingerprint density at radius 1 is 1.20 bits per heavy atom. The number of aromatic nitrogens is 1. The second kappa shape index (κ2) is 9.02. The first kappa shape index (κ1) is 18.7. The molecule has 1 aromatic carbocycles. The molecular formula is C19H22Cl2N2OS. The van der Waals surface area contributed by atoms with Gasteiger partial charge in [-0.1, -0.05) is 29.3 Å². The third-order valence-corrected chi connectivity index (χ3v) is 6.22. The zero-order valence-electron chi connectivity index (χ0n) is 14.1. The predicted molar refractivity (Wildman–Crippen MR) is 105 cm³/mol. The summed E-state index contributed by atoms with van der Waals surface area (Å²) in [5.74, 6) is 0.0597. The van der Waals surface area contributed by atoms with Crippen molar-refractivity contribution in [2.24, 2.45) is 0 Å². The highest BCUT2D eigenvalue weighted by Crippen LogP contribution is 2.27. The topological polar surface area (TPSA) is 42.0 Å². The number of thiazole rings is 1. The molecule has 1 aliphatic carbocycles. The molecule has 0 spiro atoms. The summed E-state index contributed by atoms with van der Waals surface area (Å²) in [7, 11) is 0. The molecule has 2 aromatic rings. The number of amides is 1. The molecule has 134 valence electrons. The van der Waals surface area contributed by atoms with Crippen molar-refractivity contribution < 1.29 is 4.79 Å². The zero-order chi connectivity index (χ0) is 17.6. The summed E-state index contributed by atoms with van der Waals surface area (Å²) in [5.41, 5.74) is 2.27. The molecule has 1 heterocycles. The van der Waals surface area contributed by atoms with Crippen molar-refractivity contribution in [3.8, 4) is 0 Å². The van der Waals surface area contributed by atoms with Gasteiger partial charge in [0, 0.05) is 34.3 Å². The van der Waals surface area contributed by atoms with Crippen LogP contribution in [0.15, 0.2) is 18.2 Å². The quantitative estimate of drug-likeness (QED) is 0.668. The van der Waals surface area contributed by atoms with E-state index in [1.165, 1.54) is 34.8 Å². The van der Waals surface area contributed by atoms with Crippen molar-refractivity contribution in [2.75, 3.05) is 6.54 Å². The van der Waals surface area contributed by atoms with Gasteiger partial charge < -0.3 is 5.32 Å². The van der Waals surface area contributed by atoms with E-state index in [0.717, 1.165) is 24.8 Å². The van der Waals surface area contributed by atoms with Crippen LogP contribution in [-0.4, -0.2) is 17.4 Å². The summed E-state index contributed by atoms with van der Waals surface area (Å²) in [4.78, 5) is 18.2. The lowest BCUT2D eigenvalue weighted by molar-refractivity contribution is -0.121. The zero-order valence-corrected chi connectivity index (χ0v) is 16.4. The number of halogens is 2. The molecule has 1 aliphatic rings. The highest BCUT2D eigenvalue weighted by molar-refractivity contribution is 7.11. The molecule has 0 aliphatic heterocycles. The lowest BCUT2D eigenvalue weighted by atomic mass is 10.0. The third-order valence-electron chi connectivity index (χ3n) is 4.42. The molecule has 0 saturated carbocycles. The van der Waals surface area contributed by atoms with Gasteiger partial charge in [0.05, 0.1) is 10.7 Å². The SMILES string of the molecule is O=C(CCc1ccc(Cl)cc1Cl)NCCCc1nc2c(s1)CCCC2. The molecular weight excluding hydrogens is 375 g/mol. The summed E-state index contributed by atoms with van der Waals surface area (Å²) >= 11 is 13.9. The standard InChI is InChI=1S/C19H22Cl2N2OS/c20-14-9-7-13(15(21)12-14)8-10-18(24)22-11-3-6-19-23-16-4-1-2-5-17(16)25-19/h7,9,12H,1-6,8,10-11H2,(H,22,24). The van der Waals surface area contributed by atoms with Gasteiger partial charge >= 0.3 is 0 Å². The van der Waals surface area contributed by atoms with Crippen molar-refractivity contribution in [3.05, 3.63) is 49.4 Å². The number of fused-ring (bicyclic) bond motifs is 1. The molecule has 0 saturated heterocycles. The largest absolute Gasteiger partial charge is 0.356 e. The molecule has 0 bridgehead atoms. The van der Waals surface area contributed by atoms with E-state index in [1.807, 2.05) is 17.4 Å². The van der Waals surface area contributed by atoms with Gasteiger partial charge in [0.15, 0.2) is 0 Å². The van der Waals surface area contributed by atoms with Crippen molar-refractivity contribution in [1.29, 1.82) is 0 Å². The molecule has 1 N–H and O–H groups in total. The van der Waals surface area contributed by atoms with E-state index in [9.17, 15) is 4.79 Å². The Bertz CT molecular complexity index is 722. The molecule has 0 radical (unpaired) electrons. The fourth-order valence-corrected chi connectivity index (χ4v) is 4.74. The molecule has 6 heteroatoms. The van der Waals surface area contributed by atoms with Crippen LogP contribution in [0.3, 0.4) is 0 Å². The number of nitrogens with zero attached hydrogens (tertiary/aromatic N) is 1. The monoisotopic (exact) mass is 396 g/mol. The van der Waals surface area contributed by atoms with Crippen LogP contribution in [0.1, 0.15) is 46.8 Å². The van der Waals surface area contributed by atoms with Crippen LogP contribution in [0, 0.1) is 0 Å². The van der Waals surface area contributed by atoms with Gasteiger partial charge in [-0.2, -0.15) is 0 Å². The van der Waals surface area contributed by atoms with Crippen molar-refractivity contribution in [3.63, 3.8) is 0 Å². The Labute approximate surface area is 162 Å². The average molecular weight is 397 g/mol. The summed E-state index contributed by atoms with van der Waals surface area (Å²) in [6, 6.07) is 5.39. The third kappa shape index (κ3) is 5.44. The maximum absolute atomic E-state index is 12.0. The summed E-state index contributed by atoms with van der Waals surface area (Å²) in [6.07, 6.45) is 7.83. The van der Waals surface area contributed by atoms with Gasteiger partial charge in [0.25, 0.3) is 0 Å². The van der Waals surface area contributed by atoms with Crippen LogP contribution in [0.25, 0.3) is 0 Å². The van der Waals surface area contributed by atoms with Crippen LogP contribution >= 0.6 is 34.5 Å². The molecule has 25 heavy (non-hydrogen) atoms. The number of carbonyl (C=O) groups excluding carboxylic acids is 1. The van der Waals surface area contributed by atoms with Gasteiger partial charge in [0.1, 0.15) is 0 Å². The van der Waals surface area contributed by atoms with E-state index >= 15 is 0 Å². The minimum Gasteiger partial charge on any atom is -0.356 e. The van der Waals surface area contributed by atoms with E-state index in [1.54, 1.807) is 12.1 Å². The smallest absolute Gasteiger partial charge is 0.220 e. The highest BCUT2D eigenvalue weighted by atomic mass is 35.5. The second-order valence-electron chi connectivity index (χ2n) is 6.37. The number of benzene rings is 1. The van der Waals surface area contributed by atoms with Crippen LogP contribution in [0.2, 0.25) is 10.0 Å². The van der Waals surface area contributed by atoms with Gasteiger partial charge in [-0.3, -0.25) is 4.79 Å². The number of hydrogen-bond donors (Lipinski definition) is 1. The normalized spacial score (nSPS) is 13.5. The van der Waals surface area contributed by atoms with Crippen LogP contribution in [0.5, 0.6) is 0 Å². The van der Waals surface area contributed by atoms with E-state index < -0.39 is 0 Å². The fourth-order valence-electron chi connectivity index (χ4n) is 3.04. The number of carbonyl (C=O) groups is 1. The van der Waals surface area contributed by atoms with Crippen LogP contribution in [0.4, 0.5) is 0 Å². The minimum absolute atomic E-state index is 0.0597. The Hall–Kier alpha value is -1.10. The fraction of sp³-hybridized carbons (Fsp3) is 0.474. The average Bonchev–Trinajstić information content (AvgIpc) is 3.01. The number of aryl methyl sites for hydroxylation is 4. The van der Waals surface area contributed by atoms with E-state index in [-0.39, 0.29) is 5.91 Å². The van der Waals surface area contributed by atoms with Crippen LogP contribution in [-0.2, 0) is 30.5 Å². The lowest BCUT2D eigenvalue weighted by Gasteiger charge is -2.06. The maximum Gasteiger partial charge on any atom is 0.220 e. The minimum atomic E-state index is 0.0597. The second-order valence-corrected chi connectivity index (χ2v) is 8.39. The summed E-state index contributed by atoms with van der Waals surface area (Å²) in [6.45, 7) is 0.692. The molecule has 0 unspecified atom stereocenters. The van der Waals surface area contributed by atoms with Crippen molar-refractivity contribution in [1.82, 2.24) is 10.3 Å². The number of hydrogen-bond acceptors (Lipinski definition) is 3. The Morgan fingerprint density at radius 3 is 2.84 bits per heavy atom. The maximum atomic E-state index is 12.0. The predicted octanol–water partition coefficient (Wildman–Crippen LogP) is 5.01. The van der Waals surface area contributed by atoms with Crippen LogP contribution < -0.4 is 5.32 Å². The molecule has 0 atom stereocenters. The van der Waals surface area contributed by atoms with Gasteiger partial charge in [-0.25, -0.2) is 4.98 Å². The molecule has 3 rings (SSSR count). The van der Waals surface area contributed by atoms with E-state index in [4.69, 9.17) is 28.2 Å². The van der Waals surface area contributed by atoms with Gasteiger partial charge in [0.2, 0.25) is 5.91 Å². The molecule has 3 nitrogen and oxygen atoms in total. The molecule has 1 aromatic heterocycles. The lowest BCUT2D eigenvalue weighted by Crippen LogP contribution is -2.25. The highest BCUT2D eigenvalue weighted by Gasteiger charge is 2.14. The first-order chi connectivity index (χ1) is 12.1. The first-order valence-electron chi connectivity index (χ1n) is 8.80. The number of rotatable bonds is 7. The Balaban J connectivity index is 1.36.